The molecule has 0 aliphatic carbocycles. The number of rotatable bonds is 7. The van der Waals surface area contributed by atoms with Crippen molar-refractivity contribution < 1.29 is 23.2 Å². The summed E-state index contributed by atoms with van der Waals surface area (Å²) in [5.74, 6) is 0.979. The third-order valence-electron chi connectivity index (χ3n) is 7.76. The largest absolute Gasteiger partial charge is 0.395 e. The number of fused-ring (bicyclic) bond motifs is 1. The van der Waals surface area contributed by atoms with E-state index in [0.717, 1.165) is 18.7 Å². The van der Waals surface area contributed by atoms with Crippen LogP contribution in [-0.4, -0.2) is 75.5 Å². The van der Waals surface area contributed by atoms with Crippen LogP contribution in [-0.2, 0) is 4.79 Å². The fourth-order valence-electron chi connectivity index (χ4n) is 5.59. The molecule has 2 fully saturated rings. The smallest absolute Gasteiger partial charge is 0.242 e. The van der Waals surface area contributed by atoms with Gasteiger partial charge in [0.15, 0.2) is 5.82 Å². The zero-order chi connectivity index (χ0) is 28.7. The van der Waals surface area contributed by atoms with Gasteiger partial charge < -0.3 is 14.5 Å². The van der Waals surface area contributed by atoms with Crippen LogP contribution in [0.2, 0.25) is 0 Å². The molecule has 2 aliphatic rings. The number of halogens is 2. The van der Waals surface area contributed by atoms with Gasteiger partial charge in [0.2, 0.25) is 11.8 Å². The number of β-amino-alcohol motifs (C(OH)–C–C–N with tert-alkyl or cyclic N) is 1. The fraction of sp³-hybridized carbons (Fsp3) is 0.414. The Morgan fingerprint density at radius 2 is 1.93 bits per heavy atom. The van der Waals surface area contributed by atoms with Gasteiger partial charge in [-0.25, -0.2) is 18.7 Å². The van der Waals surface area contributed by atoms with Crippen LogP contribution < -0.4 is 9.80 Å². The van der Waals surface area contributed by atoms with E-state index >= 15 is 4.39 Å². The Labute approximate surface area is 235 Å². The molecule has 1 N–H and O–H groups in total. The van der Waals surface area contributed by atoms with Gasteiger partial charge in [0.25, 0.3) is 0 Å². The lowest BCUT2D eigenvalue weighted by atomic mass is 9.95. The van der Waals surface area contributed by atoms with E-state index in [2.05, 4.69) is 25.0 Å². The maximum absolute atomic E-state index is 15.4. The Bertz CT molecular complexity index is 1590. The van der Waals surface area contributed by atoms with Crippen molar-refractivity contribution in [3.05, 3.63) is 60.0 Å². The second-order valence-corrected chi connectivity index (χ2v) is 10.9. The van der Waals surface area contributed by atoms with Crippen molar-refractivity contribution in [1.29, 1.82) is 0 Å². The Morgan fingerprint density at radius 1 is 1.12 bits per heavy atom. The topological polar surface area (TPSA) is 112 Å². The first-order chi connectivity index (χ1) is 19.8. The van der Waals surface area contributed by atoms with Crippen LogP contribution in [0.25, 0.3) is 22.0 Å². The quantitative estimate of drug-likeness (QED) is 0.356. The standard InChI is InChI=1S/C29H31F2N7O3/c1-17(2)29-34-27(35-41-29)18-5-7-37(8-6-18)28-22-13-20(30)12-21(26(22)32-15-33-28)19-3-4-24(23(31)11-19)38-16-36(9-10-39)14-25(38)40/h3-4,11-13,15,17-18,39H,5-10,14,16H2,1-2H3. The average molecular weight is 564 g/mol. The molecule has 2 aromatic carbocycles. The minimum atomic E-state index is -0.599. The fourth-order valence-corrected chi connectivity index (χ4v) is 5.59. The number of hydrogen-bond acceptors (Lipinski definition) is 9. The van der Waals surface area contributed by atoms with Crippen molar-refractivity contribution >= 4 is 28.3 Å². The summed E-state index contributed by atoms with van der Waals surface area (Å²) in [6.07, 6.45) is 3.04. The van der Waals surface area contributed by atoms with E-state index in [1.807, 2.05) is 13.8 Å². The SMILES string of the molecule is CC(C)c1nc(C2CCN(c3ncnc4c(-c5ccc(N6CN(CCO)CC6=O)c(F)c5)cc(F)cc34)CC2)no1. The van der Waals surface area contributed by atoms with Gasteiger partial charge in [0.05, 0.1) is 31.0 Å². The van der Waals surface area contributed by atoms with Crippen LogP contribution in [0.4, 0.5) is 20.3 Å². The number of piperidine rings is 1. The van der Waals surface area contributed by atoms with Crippen molar-refractivity contribution in [1.82, 2.24) is 25.0 Å². The Morgan fingerprint density at radius 3 is 2.63 bits per heavy atom. The van der Waals surface area contributed by atoms with Crippen LogP contribution in [0.15, 0.2) is 41.2 Å². The molecular weight excluding hydrogens is 532 g/mol. The maximum Gasteiger partial charge on any atom is 0.242 e. The Hall–Kier alpha value is -4.03. The van der Waals surface area contributed by atoms with Crippen LogP contribution >= 0.6 is 0 Å². The molecule has 2 saturated heterocycles. The van der Waals surface area contributed by atoms with E-state index in [4.69, 9.17) is 4.52 Å². The lowest BCUT2D eigenvalue weighted by Gasteiger charge is -2.32. The molecule has 10 nitrogen and oxygen atoms in total. The molecule has 4 heterocycles. The van der Waals surface area contributed by atoms with Crippen molar-refractivity contribution in [2.24, 2.45) is 0 Å². The van der Waals surface area contributed by atoms with Gasteiger partial charge >= 0.3 is 0 Å². The van der Waals surface area contributed by atoms with Gasteiger partial charge in [-0.1, -0.05) is 25.1 Å². The molecule has 4 aromatic rings. The van der Waals surface area contributed by atoms with Crippen molar-refractivity contribution in [3.8, 4) is 11.1 Å². The number of benzene rings is 2. The minimum absolute atomic E-state index is 0.0883. The molecule has 12 heteroatoms. The van der Waals surface area contributed by atoms with Gasteiger partial charge in [-0.2, -0.15) is 4.98 Å². The molecule has 0 bridgehead atoms. The zero-order valence-corrected chi connectivity index (χ0v) is 22.9. The molecule has 0 radical (unpaired) electrons. The third kappa shape index (κ3) is 5.24. The molecule has 6 rings (SSSR count). The highest BCUT2D eigenvalue weighted by Crippen LogP contribution is 2.37. The van der Waals surface area contributed by atoms with Gasteiger partial charge in [-0.3, -0.25) is 14.6 Å². The summed E-state index contributed by atoms with van der Waals surface area (Å²) >= 11 is 0. The van der Waals surface area contributed by atoms with E-state index in [0.29, 0.717) is 53.4 Å². The molecule has 0 unspecified atom stereocenters. The van der Waals surface area contributed by atoms with Crippen LogP contribution in [0, 0.1) is 11.6 Å². The lowest BCUT2D eigenvalue weighted by Crippen LogP contribution is -2.34. The summed E-state index contributed by atoms with van der Waals surface area (Å²) in [6, 6.07) is 7.24. The predicted molar refractivity (Wildman–Crippen MR) is 148 cm³/mol. The number of aliphatic hydroxyl groups is 1. The Balaban J connectivity index is 1.27. The highest BCUT2D eigenvalue weighted by atomic mass is 19.1. The highest BCUT2D eigenvalue weighted by Gasteiger charge is 2.30. The molecule has 2 aliphatic heterocycles. The van der Waals surface area contributed by atoms with Crippen LogP contribution in [0.3, 0.4) is 0 Å². The molecule has 2 aromatic heterocycles. The lowest BCUT2D eigenvalue weighted by molar-refractivity contribution is -0.116. The van der Waals surface area contributed by atoms with E-state index in [-0.39, 0.29) is 43.3 Å². The molecule has 0 spiro atoms. The summed E-state index contributed by atoms with van der Waals surface area (Å²) < 4.78 is 35.7. The van der Waals surface area contributed by atoms with Gasteiger partial charge in [-0.15, -0.1) is 0 Å². The van der Waals surface area contributed by atoms with Crippen molar-refractivity contribution in [2.45, 2.75) is 38.5 Å². The number of amides is 1. The van der Waals surface area contributed by atoms with Gasteiger partial charge in [-0.05, 0) is 42.7 Å². The average Bonchev–Trinajstić information content (AvgIpc) is 3.60. The first-order valence-electron chi connectivity index (χ1n) is 13.8. The third-order valence-corrected chi connectivity index (χ3v) is 7.76. The summed E-state index contributed by atoms with van der Waals surface area (Å²) in [6.45, 7) is 5.92. The molecule has 0 saturated carbocycles. The van der Waals surface area contributed by atoms with Crippen LogP contribution in [0.1, 0.15) is 50.2 Å². The zero-order valence-electron chi connectivity index (χ0n) is 22.9. The minimum Gasteiger partial charge on any atom is -0.395 e. The normalized spacial score (nSPS) is 17.0. The molecule has 214 valence electrons. The van der Waals surface area contributed by atoms with Gasteiger partial charge in [0.1, 0.15) is 23.8 Å². The van der Waals surface area contributed by atoms with E-state index in [9.17, 15) is 14.3 Å². The number of aliphatic hydroxyl groups excluding tert-OH is 1. The number of aromatic nitrogens is 4. The predicted octanol–water partition coefficient (Wildman–Crippen LogP) is 4.06. The van der Waals surface area contributed by atoms with Crippen molar-refractivity contribution in [3.63, 3.8) is 0 Å². The summed E-state index contributed by atoms with van der Waals surface area (Å²) in [5.41, 5.74) is 1.53. The summed E-state index contributed by atoms with van der Waals surface area (Å²) in [5, 5.41) is 13.9. The van der Waals surface area contributed by atoms with E-state index < -0.39 is 11.6 Å². The summed E-state index contributed by atoms with van der Waals surface area (Å²) in [7, 11) is 0. The number of carbonyl (C=O) groups excluding carboxylic acids is 1. The highest BCUT2D eigenvalue weighted by molar-refractivity contribution is 6.00. The maximum atomic E-state index is 15.4. The molecular formula is C29H31F2N7O3. The number of hydrogen-bond donors (Lipinski definition) is 1. The molecule has 41 heavy (non-hydrogen) atoms. The Kier molecular flexibility index (Phi) is 7.35. The van der Waals surface area contributed by atoms with Crippen molar-refractivity contribution in [2.75, 3.05) is 49.3 Å². The van der Waals surface area contributed by atoms with Gasteiger partial charge in [0, 0.05) is 42.4 Å². The molecule has 0 atom stereocenters. The number of carbonyl (C=O) groups is 1. The monoisotopic (exact) mass is 563 g/mol. The number of nitrogens with zero attached hydrogens (tertiary/aromatic N) is 7. The van der Waals surface area contributed by atoms with E-state index in [1.165, 1.54) is 35.5 Å². The van der Waals surface area contributed by atoms with Crippen LogP contribution in [0.5, 0.6) is 0 Å². The first-order valence-corrected chi connectivity index (χ1v) is 13.8. The first kappa shape index (κ1) is 27.2. The summed E-state index contributed by atoms with van der Waals surface area (Å²) in [4.78, 5) is 31.2. The second kappa shape index (κ2) is 11.1. The van der Waals surface area contributed by atoms with E-state index in [1.54, 1.807) is 11.0 Å². The second-order valence-electron chi connectivity index (χ2n) is 10.9. The molecule has 1 amide bonds. The number of anilines is 2.